The summed E-state index contributed by atoms with van der Waals surface area (Å²) in [6.45, 7) is 10.1. The molecule has 0 unspecified atom stereocenters. The Kier molecular flexibility index (Phi) is 8.87. The van der Waals surface area contributed by atoms with Crippen molar-refractivity contribution in [1.82, 2.24) is 0 Å². The normalized spacial score (nSPS) is 10.5. The molecule has 209 valence electrons. The molecule has 0 fully saturated rings. The van der Waals surface area contributed by atoms with Gasteiger partial charge >= 0.3 is 0 Å². The largest absolute Gasteiger partial charge is 0.466 e. The maximum Gasteiger partial charge on any atom is 0.133 e. The second kappa shape index (κ2) is 12.3. The zero-order valence-corrected chi connectivity index (χ0v) is 24.9. The van der Waals surface area contributed by atoms with E-state index in [1.807, 2.05) is 66.1 Å². The predicted molar refractivity (Wildman–Crippen MR) is 154 cm³/mol. The van der Waals surface area contributed by atoms with E-state index in [2.05, 4.69) is 40.1 Å². The molecule has 0 saturated carbocycles. The van der Waals surface area contributed by atoms with Gasteiger partial charge in [-0.15, -0.1) is 35.4 Å². The summed E-state index contributed by atoms with van der Waals surface area (Å²) in [5.74, 6) is -1.21. The van der Waals surface area contributed by atoms with Gasteiger partial charge in [0.25, 0.3) is 0 Å². The number of pyridine rings is 2. The standard InChI is InChI=1S/C21H14F2NO.C14H14N.Ir/c1-13-3-4-14(16-6-5-15(22)12-19(16)23)11-18(13)21-17-8-10-25-20(17)7-9-24(21)2;1-11-7-4-5-9-13(11)14-10-6-8-12(2)15(14)3;/h3-12H,1-2H2;4-10H,1,3H2,2H3;/q2*-1;. The van der Waals surface area contributed by atoms with Crippen LogP contribution >= 0.6 is 0 Å². The van der Waals surface area contributed by atoms with Gasteiger partial charge in [-0.05, 0) is 36.8 Å². The molecule has 3 aromatic heterocycles. The van der Waals surface area contributed by atoms with E-state index < -0.39 is 11.6 Å². The summed E-state index contributed by atoms with van der Waals surface area (Å²) in [4.78, 5) is 0. The van der Waals surface area contributed by atoms with Crippen molar-refractivity contribution in [3.05, 3.63) is 160 Å². The molecule has 0 saturated heterocycles. The second-order valence-electron chi connectivity index (χ2n) is 9.47. The number of fused-ring (bicyclic) bond motifs is 1. The van der Waals surface area contributed by atoms with E-state index in [1.54, 1.807) is 23.1 Å². The summed E-state index contributed by atoms with van der Waals surface area (Å²) >= 11 is 0. The quantitative estimate of drug-likeness (QED) is 0.134. The molecule has 0 N–H and O–H groups in total. The number of benzene rings is 3. The topological polar surface area (TPSA) is 20.9 Å². The van der Waals surface area contributed by atoms with Crippen LogP contribution in [0.4, 0.5) is 8.78 Å². The molecule has 0 amide bonds. The van der Waals surface area contributed by atoms with Crippen molar-refractivity contribution >= 4 is 11.0 Å². The molecule has 0 aliphatic heterocycles. The van der Waals surface area contributed by atoms with E-state index in [0.717, 1.165) is 56.4 Å². The molecule has 0 aliphatic rings. The van der Waals surface area contributed by atoms with Gasteiger partial charge in [0.1, 0.15) is 17.2 Å². The van der Waals surface area contributed by atoms with Crippen LogP contribution in [0.1, 0.15) is 16.8 Å². The third-order valence-electron chi connectivity index (χ3n) is 6.85. The Hall–Kier alpha value is -4.51. The van der Waals surface area contributed by atoms with Crippen LogP contribution in [0.2, 0.25) is 0 Å². The van der Waals surface area contributed by atoms with Crippen molar-refractivity contribution in [2.24, 2.45) is 0 Å². The maximum absolute atomic E-state index is 14.2. The van der Waals surface area contributed by atoms with Gasteiger partial charge in [0.05, 0.1) is 29.5 Å². The zero-order chi connectivity index (χ0) is 28.4. The van der Waals surface area contributed by atoms with Crippen molar-refractivity contribution in [1.29, 1.82) is 0 Å². The van der Waals surface area contributed by atoms with E-state index >= 15 is 0 Å². The van der Waals surface area contributed by atoms with Crippen molar-refractivity contribution in [3.63, 3.8) is 0 Å². The SMILES string of the molecule is [CH2-]c1ccc(-c2ccc(F)cc2F)cc1-c1c2ccoc2cc[n+]1[CH2-].[CH2-]c1ccccc1-c1cccc(C)[n+]1[CH2-].[Ir]. The Labute approximate surface area is 253 Å². The van der Waals surface area contributed by atoms with Crippen LogP contribution in [0.3, 0.4) is 0 Å². The first-order valence-electron chi connectivity index (χ1n) is 12.6. The van der Waals surface area contributed by atoms with Gasteiger partial charge in [0, 0.05) is 51.2 Å². The average Bonchev–Trinajstić information content (AvgIpc) is 3.41. The van der Waals surface area contributed by atoms with Crippen LogP contribution in [0.15, 0.2) is 108 Å². The van der Waals surface area contributed by atoms with E-state index in [-0.39, 0.29) is 20.1 Å². The first-order chi connectivity index (χ1) is 19.2. The molecule has 0 aliphatic carbocycles. The summed E-state index contributed by atoms with van der Waals surface area (Å²) in [5, 5.41) is 0.888. The number of rotatable bonds is 3. The number of nitrogens with zero attached hydrogens (tertiary/aromatic N) is 2. The van der Waals surface area contributed by atoms with Crippen molar-refractivity contribution < 1.29 is 42.4 Å². The smallest absolute Gasteiger partial charge is 0.133 e. The molecule has 0 bridgehead atoms. The Morgan fingerprint density at radius 3 is 2.24 bits per heavy atom. The third-order valence-corrected chi connectivity index (χ3v) is 6.85. The van der Waals surface area contributed by atoms with Gasteiger partial charge in [0.15, 0.2) is 0 Å². The summed E-state index contributed by atoms with van der Waals surface area (Å²) in [7, 11) is 8.05. The fourth-order valence-corrected chi connectivity index (χ4v) is 4.67. The predicted octanol–water partition coefficient (Wildman–Crippen LogP) is 7.92. The van der Waals surface area contributed by atoms with Gasteiger partial charge in [0.2, 0.25) is 0 Å². The molecule has 6 rings (SSSR count). The van der Waals surface area contributed by atoms with Crippen LogP contribution in [0, 0.1) is 46.5 Å². The Morgan fingerprint density at radius 1 is 0.732 bits per heavy atom. The van der Waals surface area contributed by atoms with Crippen molar-refractivity contribution in [2.45, 2.75) is 6.92 Å². The molecular weight excluding hydrogens is 695 g/mol. The van der Waals surface area contributed by atoms with Crippen molar-refractivity contribution in [3.8, 4) is 33.6 Å². The Bertz CT molecular complexity index is 1840. The second-order valence-corrected chi connectivity index (χ2v) is 9.47. The Balaban J connectivity index is 0.000000208. The third kappa shape index (κ3) is 5.99. The van der Waals surface area contributed by atoms with E-state index in [1.165, 1.54) is 12.1 Å². The number of aryl methyl sites for hydroxylation is 1. The summed E-state index contributed by atoms with van der Waals surface area (Å²) in [5.41, 5.74) is 8.50. The monoisotopic (exact) mass is 723 g/mol. The van der Waals surface area contributed by atoms with Gasteiger partial charge in [-0.25, -0.2) is 8.78 Å². The summed E-state index contributed by atoms with van der Waals surface area (Å²) in [6.07, 6.45) is 3.41. The van der Waals surface area contributed by atoms with Gasteiger partial charge < -0.3 is 13.6 Å². The van der Waals surface area contributed by atoms with Crippen LogP contribution in [-0.4, -0.2) is 0 Å². The minimum Gasteiger partial charge on any atom is -0.466 e. The number of furan rings is 1. The number of hydrogen-bond donors (Lipinski definition) is 0. The first-order valence-corrected chi connectivity index (χ1v) is 12.6. The first kappa shape index (κ1) is 29.5. The molecule has 3 heterocycles. The van der Waals surface area contributed by atoms with E-state index in [9.17, 15) is 8.78 Å². The number of aromatic nitrogens is 2. The average molecular weight is 723 g/mol. The van der Waals surface area contributed by atoms with Gasteiger partial charge in [-0.2, -0.15) is 37.1 Å². The van der Waals surface area contributed by atoms with Crippen LogP contribution in [0.25, 0.3) is 44.6 Å². The molecule has 1 radical (unpaired) electrons. The minimum absolute atomic E-state index is 0. The van der Waals surface area contributed by atoms with Crippen molar-refractivity contribution in [2.75, 3.05) is 0 Å². The summed E-state index contributed by atoms with van der Waals surface area (Å²) < 4.78 is 36.5. The molecule has 41 heavy (non-hydrogen) atoms. The molecule has 3 nitrogen and oxygen atoms in total. The zero-order valence-electron chi connectivity index (χ0n) is 22.5. The van der Waals surface area contributed by atoms with E-state index in [0.29, 0.717) is 11.1 Å². The number of halogens is 2. The van der Waals surface area contributed by atoms with Crippen LogP contribution < -0.4 is 9.13 Å². The van der Waals surface area contributed by atoms with Crippen LogP contribution in [0.5, 0.6) is 0 Å². The van der Waals surface area contributed by atoms with Gasteiger partial charge in [-0.3, -0.25) is 0 Å². The molecule has 0 atom stereocenters. The maximum atomic E-state index is 14.2. The fraction of sp³-hybridized carbons (Fsp3) is 0.0286. The van der Waals surface area contributed by atoms with Gasteiger partial charge in [-0.1, -0.05) is 24.3 Å². The fourth-order valence-electron chi connectivity index (χ4n) is 4.67. The summed E-state index contributed by atoms with van der Waals surface area (Å²) in [6, 6.07) is 26.9. The molecule has 0 spiro atoms. The van der Waals surface area contributed by atoms with Crippen LogP contribution in [-0.2, 0) is 20.1 Å². The number of hydrogen-bond acceptors (Lipinski definition) is 1. The molecule has 6 aromatic rings. The minimum atomic E-state index is -0.605. The van der Waals surface area contributed by atoms with E-state index in [4.69, 9.17) is 4.42 Å². The molecular formula is C35H28F2IrN2O-2. The molecule has 6 heteroatoms. The molecule has 3 aromatic carbocycles. The Morgan fingerprint density at radius 2 is 1.49 bits per heavy atom.